The highest BCUT2D eigenvalue weighted by atomic mass is 16.5. The molecule has 6 N–H and O–H groups in total. The Morgan fingerprint density at radius 2 is 2.09 bits per heavy atom. The number of likely N-dealkylation sites (N-methyl/N-ethyl adjacent to an activating group) is 1. The number of H-pyrrole nitrogens is 1. The highest BCUT2D eigenvalue weighted by Crippen LogP contribution is 2.39. The second-order valence-corrected chi connectivity index (χ2v) is 9.15. The van der Waals surface area contributed by atoms with Gasteiger partial charge in [0.15, 0.2) is 17.4 Å². The molecule has 1 unspecified atom stereocenters. The van der Waals surface area contributed by atoms with Gasteiger partial charge >= 0.3 is 0 Å². The third kappa shape index (κ3) is 5.75. The fourth-order valence-electron chi connectivity index (χ4n) is 3.84. The minimum Gasteiger partial charge on any atom is -0.370 e. The Kier molecular flexibility index (Phi) is 7.04. The molecule has 2 aromatic rings. The van der Waals surface area contributed by atoms with Crippen molar-refractivity contribution in [1.82, 2.24) is 36.2 Å². The van der Waals surface area contributed by atoms with E-state index in [1.165, 1.54) is 12.8 Å². The summed E-state index contributed by atoms with van der Waals surface area (Å²) < 4.78 is 5.44. The summed E-state index contributed by atoms with van der Waals surface area (Å²) in [4.78, 5) is 7.04. The van der Waals surface area contributed by atoms with Crippen LogP contribution in [-0.2, 0) is 12.2 Å². The highest BCUT2D eigenvalue weighted by Gasteiger charge is 2.35. The van der Waals surface area contributed by atoms with Gasteiger partial charge in [-0.15, -0.1) is 0 Å². The van der Waals surface area contributed by atoms with E-state index in [1.54, 1.807) is 0 Å². The third-order valence-electron chi connectivity index (χ3n) is 6.19. The number of nitrogens with zero attached hydrogens (tertiary/aromatic N) is 4. The molecule has 0 radical (unpaired) electrons. The molecule has 3 heterocycles. The molecule has 1 aliphatic heterocycles. The fraction of sp³-hybridized carbons (Fsp3) is 0.609. The monoisotopic (exact) mass is 455 g/mol. The second-order valence-electron chi connectivity index (χ2n) is 9.15. The molecule has 0 amide bonds. The summed E-state index contributed by atoms with van der Waals surface area (Å²) >= 11 is 0. The van der Waals surface area contributed by atoms with E-state index in [0.717, 1.165) is 49.1 Å². The summed E-state index contributed by atoms with van der Waals surface area (Å²) in [5.74, 6) is 2.95. The van der Waals surface area contributed by atoms with Gasteiger partial charge in [0, 0.05) is 36.8 Å². The first-order valence-corrected chi connectivity index (χ1v) is 12.0. The normalized spacial score (nSPS) is 21.9. The van der Waals surface area contributed by atoms with Crippen LogP contribution in [0.5, 0.6) is 0 Å². The summed E-state index contributed by atoms with van der Waals surface area (Å²) in [6.07, 6.45) is 4.33. The van der Waals surface area contributed by atoms with Crippen LogP contribution in [0.2, 0.25) is 0 Å². The lowest BCUT2D eigenvalue weighted by atomic mass is 10.0. The Bertz CT molecular complexity index is 984. The lowest BCUT2D eigenvalue weighted by Crippen LogP contribution is -2.60. The van der Waals surface area contributed by atoms with Crippen molar-refractivity contribution in [1.29, 1.82) is 0 Å². The highest BCUT2D eigenvalue weighted by molar-refractivity contribution is 5.84. The molecule has 4 rings (SSSR count). The Morgan fingerprint density at radius 1 is 1.30 bits per heavy atom. The van der Waals surface area contributed by atoms with Crippen molar-refractivity contribution in [3.05, 3.63) is 46.9 Å². The van der Waals surface area contributed by atoms with Crippen LogP contribution in [0.3, 0.4) is 0 Å². The fourth-order valence-corrected chi connectivity index (χ4v) is 3.84. The number of aromatic nitrogens is 3. The average Bonchev–Trinajstić information content (AvgIpc) is 3.32. The van der Waals surface area contributed by atoms with E-state index < -0.39 is 5.66 Å². The summed E-state index contributed by atoms with van der Waals surface area (Å²) in [7, 11) is 0. The Balaban J connectivity index is 1.51. The molecule has 0 bridgehead atoms. The molecule has 1 saturated carbocycles. The maximum Gasteiger partial charge on any atom is 0.199 e. The van der Waals surface area contributed by atoms with Crippen LogP contribution in [0, 0.1) is 0 Å². The van der Waals surface area contributed by atoms with Gasteiger partial charge in [-0.2, -0.15) is 5.10 Å². The van der Waals surface area contributed by atoms with Crippen LogP contribution < -0.4 is 21.7 Å². The van der Waals surface area contributed by atoms with Crippen molar-refractivity contribution < 1.29 is 4.52 Å². The van der Waals surface area contributed by atoms with Gasteiger partial charge in [0.05, 0.1) is 5.69 Å². The second kappa shape index (κ2) is 9.96. The molecular weight excluding hydrogens is 418 g/mol. The number of guanidine groups is 1. The van der Waals surface area contributed by atoms with Gasteiger partial charge in [-0.3, -0.25) is 5.10 Å². The van der Waals surface area contributed by atoms with Gasteiger partial charge in [0.1, 0.15) is 18.1 Å². The molecule has 33 heavy (non-hydrogen) atoms. The predicted molar refractivity (Wildman–Crippen MR) is 128 cm³/mol. The maximum absolute atomic E-state index is 6.81. The number of aromatic amines is 1. The number of hydrogen-bond donors (Lipinski definition) is 5. The molecule has 180 valence electrons. The quantitative estimate of drug-likeness (QED) is 0.348. The van der Waals surface area contributed by atoms with Crippen molar-refractivity contribution in [3.63, 3.8) is 0 Å². The zero-order valence-corrected chi connectivity index (χ0v) is 20.1. The van der Waals surface area contributed by atoms with Gasteiger partial charge in [-0.1, -0.05) is 32.9 Å². The Morgan fingerprint density at radius 3 is 2.76 bits per heavy atom. The first-order valence-electron chi connectivity index (χ1n) is 12.0. The van der Waals surface area contributed by atoms with E-state index in [0.29, 0.717) is 30.1 Å². The molecule has 2 aromatic heterocycles. The minimum absolute atomic E-state index is 0.308. The largest absolute Gasteiger partial charge is 0.370 e. The zero-order valence-electron chi connectivity index (χ0n) is 20.1. The summed E-state index contributed by atoms with van der Waals surface area (Å²) in [5, 5.41) is 21.9. The molecule has 10 nitrogen and oxygen atoms in total. The van der Waals surface area contributed by atoms with Gasteiger partial charge < -0.3 is 31.1 Å². The van der Waals surface area contributed by atoms with E-state index in [9.17, 15) is 0 Å². The summed E-state index contributed by atoms with van der Waals surface area (Å²) in [6, 6.07) is 4.00. The van der Waals surface area contributed by atoms with Crippen LogP contribution in [0.25, 0.3) is 0 Å². The third-order valence-corrected chi connectivity index (χ3v) is 6.19. The predicted octanol–water partition coefficient (Wildman–Crippen LogP) is 2.03. The number of rotatable bonds is 11. The number of nitrogens with two attached hydrogens (primary N) is 1. The van der Waals surface area contributed by atoms with Crippen LogP contribution in [0.4, 0.5) is 0 Å². The standard InChI is InChI=1S/C23H37N9O/c1-5-32(6-2)10-9-25-21-13-23(24,20-12-19(29-30-20)16-7-8-16)28-22(27-21)26-14-17-11-18(15(3)4)31-33-17/h11-13,15-16,25H,5-10,14,24H2,1-4H3,(H,29,30)(H2,26,27,28). The van der Waals surface area contributed by atoms with Crippen molar-refractivity contribution in [3.8, 4) is 0 Å². The molecule has 0 aromatic carbocycles. The van der Waals surface area contributed by atoms with Gasteiger partial charge in [-0.25, -0.2) is 4.99 Å². The number of nitrogens with one attached hydrogen (secondary N) is 4. The topological polar surface area (TPSA) is 132 Å². The lowest BCUT2D eigenvalue weighted by molar-refractivity contribution is 0.304. The molecule has 2 aliphatic rings. The van der Waals surface area contributed by atoms with Crippen molar-refractivity contribution in [2.75, 3.05) is 26.2 Å². The minimum atomic E-state index is -0.990. The number of aliphatic imine (C=N–C) groups is 1. The lowest BCUT2D eigenvalue weighted by Gasteiger charge is -2.34. The van der Waals surface area contributed by atoms with E-state index in [4.69, 9.17) is 10.3 Å². The molecular formula is C23H37N9O. The van der Waals surface area contributed by atoms with E-state index in [2.05, 4.69) is 75.0 Å². The summed E-state index contributed by atoms with van der Waals surface area (Å²) in [5.41, 5.74) is 8.63. The van der Waals surface area contributed by atoms with Crippen LogP contribution in [0.15, 0.2) is 33.5 Å². The van der Waals surface area contributed by atoms with Crippen LogP contribution >= 0.6 is 0 Å². The van der Waals surface area contributed by atoms with Crippen molar-refractivity contribution >= 4 is 5.96 Å². The van der Waals surface area contributed by atoms with Gasteiger partial charge in [-0.05, 0) is 37.9 Å². The van der Waals surface area contributed by atoms with Gasteiger partial charge in [0.25, 0.3) is 0 Å². The molecule has 1 fully saturated rings. The van der Waals surface area contributed by atoms with Gasteiger partial charge in [0.2, 0.25) is 0 Å². The van der Waals surface area contributed by atoms with E-state index >= 15 is 0 Å². The smallest absolute Gasteiger partial charge is 0.199 e. The molecule has 0 spiro atoms. The Labute approximate surface area is 195 Å². The molecule has 0 saturated heterocycles. The zero-order chi connectivity index (χ0) is 23.4. The maximum atomic E-state index is 6.81. The summed E-state index contributed by atoms with van der Waals surface area (Å²) in [6.45, 7) is 12.6. The van der Waals surface area contributed by atoms with Crippen LogP contribution in [-0.4, -0.2) is 52.4 Å². The molecule has 1 aliphatic carbocycles. The number of hydrogen-bond acceptors (Lipinski definition) is 7. The molecule has 1 atom stereocenters. The van der Waals surface area contributed by atoms with Crippen molar-refractivity contribution in [2.45, 2.75) is 64.6 Å². The Hall–Kier alpha value is -2.85. The van der Waals surface area contributed by atoms with E-state index in [-0.39, 0.29) is 0 Å². The molecule has 10 heteroatoms. The van der Waals surface area contributed by atoms with Crippen molar-refractivity contribution in [2.24, 2.45) is 10.7 Å². The van der Waals surface area contributed by atoms with E-state index in [1.807, 2.05) is 12.1 Å². The first kappa shape index (κ1) is 23.3. The SMILES string of the molecule is CCN(CC)CCNC1=CC(N)(c2cc(C3CC3)[nH]n2)NC(=NCc2cc(C(C)C)no2)N1. The first-order chi connectivity index (χ1) is 15.9. The average molecular weight is 456 g/mol. The van der Waals surface area contributed by atoms with Crippen LogP contribution in [0.1, 0.15) is 75.2 Å².